The molecule has 172 valence electrons. The molecule has 0 amide bonds. The van der Waals surface area contributed by atoms with Crippen molar-refractivity contribution in [1.29, 1.82) is 0 Å². The van der Waals surface area contributed by atoms with Gasteiger partial charge in [0.05, 0.1) is 5.69 Å². The van der Waals surface area contributed by atoms with E-state index in [0.717, 1.165) is 30.5 Å². The molecule has 2 heterocycles. The highest BCUT2D eigenvalue weighted by Gasteiger charge is 2.17. The number of halogens is 1. The van der Waals surface area contributed by atoms with E-state index in [1.165, 1.54) is 49.2 Å². The van der Waals surface area contributed by atoms with Crippen LogP contribution in [0.2, 0.25) is 0 Å². The van der Waals surface area contributed by atoms with E-state index in [1.807, 2.05) is 13.8 Å². The third-order valence-electron chi connectivity index (χ3n) is 5.87. The Hall–Kier alpha value is -1.77. The summed E-state index contributed by atoms with van der Waals surface area (Å²) in [6, 6.07) is 9.02. The molecule has 0 saturated carbocycles. The summed E-state index contributed by atoms with van der Waals surface area (Å²) in [7, 11) is 2.10. The average Bonchev–Trinajstić information content (AvgIpc) is 3.10. The number of anilines is 1. The number of piperidine rings is 1. The first-order valence-corrected chi connectivity index (χ1v) is 11.3. The smallest absolute Gasteiger partial charge is 0.193 e. The van der Waals surface area contributed by atoms with Crippen LogP contribution in [-0.4, -0.2) is 49.2 Å². The second-order valence-electron chi connectivity index (χ2n) is 8.40. The van der Waals surface area contributed by atoms with Crippen LogP contribution in [0.15, 0.2) is 33.8 Å². The molecule has 1 aromatic heterocycles. The van der Waals surface area contributed by atoms with E-state index in [4.69, 9.17) is 9.52 Å². The Bertz CT molecular complexity index is 807. The topological polar surface area (TPSA) is 56.9 Å². The molecule has 1 aliphatic heterocycles. The van der Waals surface area contributed by atoms with Crippen LogP contribution in [0.5, 0.6) is 0 Å². The molecule has 2 aromatic rings. The Labute approximate surface area is 204 Å². The van der Waals surface area contributed by atoms with Gasteiger partial charge in [-0.15, -0.1) is 24.0 Å². The van der Waals surface area contributed by atoms with Gasteiger partial charge >= 0.3 is 0 Å². The van der Waals surface area contributed by atoms with Gasteiger partial charge in [-0.25, -0.2) is 0 Å². The molecule has 1 aliphatic rings. The lowest BCUT2D eigenvalue weighted by Gasteiger charge is -2.29. The predicted molar refractivity (Wildman–Crippen MR) is 140 cm³/mol. The van der Waals surface area contributed by atoms with Crippen LogP contribution in [0.25, 0.3) is 0 Å². The fourth-order valence-corrected chi connectivity index (χ4v) is 4.29. The zero-order chi connectivity index (χ0) is 21.5. The van der Waals surface area contributed by atoms with Gasteiger partial charge in [-0.3, -0.25) is 4.99 Å². The van der Waals surface area contributed by atoms with Crippen LogP contribution in [0.4, 0.5) is 5.69 Å². The lowest BCUT2D eigenvalue weighted by molar-refractivity contribution is 0.391. The third-order valence-corrected chi connectivity index (χ3v) is 5.87. The summed E-state index contributed by atoms with van der Waals surface area (Å²) in [6.07, 6.45) is 3.97. The SMILES string of the molecule is CCNC(=NCC(C)c1c(C)noc1C)N(C)Cc1ccc(N2CCCCC2)cc1.I. The van der Waals surface area contributed by atoms with Crippen molar-refractivity contribution in [2.45, 2.75) is 59.4 Å². The van der Waals surface area contributed by atoms with Crippen molar-refractivity contribution in [2.24, 2.45) is 4.99 Å². The lowest BCUT2D eigenvalue weighted by Crippen LogP contribution is -2.38. The molecule has 3 rings (SSSR count). The van der Waals surface area contributed by atoms with E-state index in [2.05, 4.69) is 65.4 Å². The maximum Gasteiger partial charge on any atom is 0.193 e. The van der Waals surface area contributed by atoms with E-state index >= 15 is 0 Å². The molecule has 6 nitrogen and oxygen atoms in total. The van der Waals surface area contributed by atoms with Gasteiger partial charge in [0.15, 0.2) is 5.96 Å². The Kier molecular flexibility index (Phi) is 10.1. The minimum atomic E-state index is 0. The van der Waals surface area contributed by atoms with Crippen molar-refractivity contribution in [3.63, 3.8) is 0 Å². The van der Waals surface area contributed by atoms with Crippen LogP contribution in [0, 0.1) is 13.8 Å². The zero-order valence-electron chi connectivity index (χ0n) is 19.6. The maximum atomic E-state index is 5.32. The molecular formula is C24H38IN5O. The van der Waals surface area contributed by atoms with Crippen molar-refractivity contribution in [2.75, 3.05) is 38.1 Å². The number of aliphatic imine (C=N–C) groups is 1. The number of guanidine groups is 1. The van der Waals surface area contributed by atoms with Crippen molar-refractivity contribution in [3.05, 3.63) is 46.8 Å². The van der Waals surface area contributed by atoms with Gasteiger partial charge in [-0.05, 0) is 57.7 Å². The summed E-state index contributed by atoms with van der Waals surface area (Å²) in [5, 5.41) is 7.50. The number of hydrogen-bond donors (Lipinski definition) is 1. The van der Waals surface area contributed by atoms with Gasteiger partial charge in [0.1, 0.15) is 5.76 Å². The highest BCUT2D eigenvalue weighted by Crippen LogP contribution is 2.23. The monoisotopic (exact) mass is 539 g/mol. The Morgan fingerprint density at radius 2 is 1.87 bits per heavy atom. The molecule has 1 unspecified atom stereocenters. The standard InChI is InChI=1S/C24H37N5O.HI/c1-6-25-24(26-16-18(2)23-19(3)27-30-20(23)4)28(5)17-21-10-12-22(13-11-21)29-14-8-7-9-15-29;/h10-13,18H,6-9,14-17H2,1-5H3,(H,25,26);1H. The Morgan fingerprint density at radius 1 is 1.19 bits per heavy atom. The van der Waals surface area contributed by atoms with Gasteiger partial charge in [-0.2, -0.15) is 0 Å². The van der Waals surface area contributed by atoms with Crippen LogP contribution in [0.3, 0.4) is 0 Å². The highest BCUT2D eigenvalue weighted by atomic mass is 127. The zero-order valence-corrected chi connectivity index (χ0v) is 22.0. The molecular weight excluding hydrogens is 501 g/mol. The number of hydrogen-bond acceptors (Lipinski definition) is 4. The first-order valence-electron chi connectivity index (χ1n) is 11.3. The van der Waals surface area contributed by atoms with E-state index in [9.17, 15) is 0 Å². The molecule has 31 heavy (non-hydrogen) atoms. The second kappa shape index (κ2) is 12.3. The number of aromatic nitrogens is 1. The largest absolute Gasteiger partial charge is 0.372 e. The summed E-state index contributed by atoms with van der Waals surface area (Å²) in [5.41, 5.74) is 4.77. The minimum absolute atomic E-state index is 0. The van der Waals surface area contributed by atoms with Crippen LogP contribution < -0.4 is 10.2 Å². The summed E-state index contributed by atoms with van der Waals surface area (Å²) in [4.78, 5) is 9.58. The van der Waals surface area contributed by atoms with E-state index in [0.29, 0.717) is 6.54 Å². The van der Waals surface area contributed by atoms with Crippen molar-refractivity contribution in [1.82, 2.24) is 15.4 Å². The highest BCUT2D eigenvalue weighted by molar-refractivity contribution is 14.0. The third kappa shape index (κ3) is 6.85. The van der Waals surface area contributed by atoms with Crippen LogP contribution in [-0.2, 0) is 6.54 Å². The van der Waals surface area contributed by atoms with Gasteiger partial charge in [0, 0.05) is 56.9 Å². The Balaban J connectivity index is 0.00000341. The van der Waals surface area contributed by atoms with E-state index in [1.54, 1.807) is 0 Å². The molecule has 1 aromatic carbocycles. The van der Waals surface area contributed by atoms with Crippen LogP contribution in [0.1, 0.15) is 61.6 Å². The van der Waals surface area contributed by atoms with Gasteiger partial charge < -0.3 is 19.6 Å². The normalized spacial score (nSPS) is 15.4. The Morgan fingerprint density at radius 3 is 2.45 bits per heavy atom. The van der Waals surface area contributed by atoms with Crippen molar-refractivity contribution < 1.29 is 4.52 Å². The summed E-state index contributed by atoms with van der Waals surface area (Å²) in [6.45, 7) is 13.0. The van der Waals surface area contributed by atoms with Gasteiger partial charge in [-0.1, -0.05) is 24.2 Å². The number of benzene rings is 1. The summed E-state index contributed by atoms with van der Waals surface area (Å²) >= 11 is 0. The number of aryl methyl sites for hydroxylation is 2. The first kappa shape index (κ1) is 25.5. The summed E-state index contributed by atoms with van der Waals surface area (Å²) in [5.74, 6) is 2.08. The fourth-order valence-electron chi connectivity index (χ4n) is 4.29. The van der Waals surface area contributed by atoms with E-state index in [-0.39, 0.29) is 29.9 Å². The fraction of sp³-hybridized carbons (Fsp3) is 0.583. The predicted octanol–water partition coefficient (Wildman–Crippen LogP) is 5.10. The molecule has 0 aliphatic carbocycles. The first-order chi connectivity index (χ1) is 14.5. The van der Waals surface area contributed by atoms with Gasteiger partial charge in [0.2, 0.25) is 0 Å². The van der Waals surface area contributed by atoms with Gasteiger partial charge in [0.25, 0.3) is 0 Å². The molecule has 0 bridgehead atoms. The van der Waals surface area contributed by atoms with Crippen molar-refractivity contribution in [3.8, 4) is 0 Å². The number of nitrogens with zero attached hydrogens (tertiary/aromatic N) is 4. The molecule has 1 saturated heterocycles. The minimum Gasteiger partial charge on any atom is -0.372 e. The molecule has 0 spiro atoms. The van der Waals surface area contributed by atoms with Crippen LogP contribution >= 0.6 is 24.0 Å². The van der Waals surface area contributed by atoms with E-state index < -0.39 is 0 Å². The molecule has 1 fully saturated rings. The second-order valence-corrected chi connectivity index (χ2v) is 8.40. The molecule has 1 N–H and O–H groups in total. The molecule has 1 atom stereocenters. The quantitative estimate of drug-likeness (QED) is 0.302. The number of rotatable bonds is 7. The average molecular weight is 540 g/mol. The number of nitrogens with one attached hydrogen (secondary N) is 1. The summed E-state index contributed by atoms with van der Waals surface area (Å²) < 4.78 is 5.32. The molecule has 0 radical (unpaired) electrons. The van der Waals surface area contributed by atoms with Crippen molar-refractivity contribution >= 4 is 35.6 Å². The molecule has 7 heteroatoms. The maximum absolute atomic E-state index is 5.32. The lowest BCUT2D eigenvalue weighted by atomic mass is 10.00.